The molecule has 0 amide bonds. The SMILES string of the molecule is CCCc1ccc(C(O)CN2CCOC(C)C2)cc1. The van der Waals surface area contributed by atoms with Gasteiger partial charge >= 0.3 is 0 Å². The highest BCUT2D eigenvalue weighted by Crippen LogP contribution is 2.17. The summed E-state index contributed by atoms with van der Waals surface area (Å²) in [5.41, 5.74) is 2.36. The summed E-state index contributed by atoms with van der Waals surface area (Å²) in [6.07, 6.45) is 2.14. The van der Waals surface area contributed by atoms with E-state index in [2.05, 4.69) is 43.0 Å². The Kier molecular flexibility index (Phi) is 5.37. The van der Waals surface area contributed by atoms with Crippen molar-refractivity contribution in [2.45, 2.75) is 38.9 Å². The van der Waals surface area contributed by atoms with E-state index in [0.29, 0.717) is 6.54 Å². The number of morpholine rings is 1. The molecule has 0 bridgehead atoms. The van der Waals surface area contributed by atoms with Crippen LogP contribution < -0.4 is 0 Å². The first-order chi connectivity index (χ1) is 9.19. The molecule has 0 aromatic heterocycles. The van der Waals surface area contributed by atoms with Crippen LogP contribution >= 0.6 is 0 Å². The third-order valence-corrected chi connectivity index (χ3v) is 3.66. The molecule has 1 fully saturated rings. The van der Waals surface area contributed by atoms with Gasteiger partial charge in [0.25, 0.3) is 0 Å². The number of ether oxygens (including phenoxy) is 1. The Morgan fingerprint density at radius 2 is 2.11 bits per heavy atom. The zero-order chi connectivity index (χ0) is 13.7. The minimum absolute atomic E-state index is 0.271. The third kappa shape index (κ3) is 4.30. The molecule has 0 spiro atoms. The van der Waals surface area contributed by atoms with E-state index < -0.39 is 6.10 Å². The fourth-order valence-corrected chi connectivity index (χ4v) is 2.60. The summed E-state index contributed by atoms with van der Waals surface area (Å²) in [5, 5.41) is 10.3. The van der Waals surface area contributed by atoms with E-state index in [0.717, 1.165) is 38.1 Å². The highest BCUT2D eigenvalue weighted by Gasteiger charge is 2.19. The molecule has 1 aliphatic rings. The molecule has 1 heterocycles. The summed E-state index contributed by atoms with van der Waals surface area (Å²) >= 11 is 0. The molecule has 2 unspecified atom stereocenters. The van der Waals surface area contributed by atoms with Gasteiger partial charge in [-0.1, -0.05) is 37.6 Å². The van der Waals surface area contributed by atoms with Gasteiger partial charge < -0.3 is 9.84 Å². The Bertz CT molecular complexity index is 377. The first kappa shape index (κ1) is 14.5. The van der Waals surface area contributed by atoms with Crippen LogP contribution in [-0.4, -0.2) is 42.4 Å². The number of β-amino-alcohol motifs (C(OH)–C–C–N with tert-alkyl or cyclic N) is 1. The molecule has 3 nitrogen and oxygen atoms in total. The van der Waals surface area contributed by atoms with Crippen molar-refractivity contribution >= 4 is 0 Å². The number of aliphatic hydroxyl groups excluding tert-OH is 1. The van der Waals surface area contributed by atoms with Crippen LogP contribution in [0.1, 0.15) is 37.5 Å². The molecule has 19 heavy (non-hydrogen) atoms. The second kappa shape index (κ2) is 7.04. The Morgan fingerprint density at radius 1 is 1.37 bits per heavy atom. The van der Waals surface area contributed by atoms with E-state index in [1.54, 1.807) is 0 Å². The minimum atomic E-state index is -0.402. The lowest BCUT2D eigenvalue weighted by molar-refractivity contribution is -0.0319. The first-order valence-corrected chi connectivity index (χ1v) is 7.30. The van der Waals surface area contributed by atoms with E-state index in [1.807, 2.05) is 0 Å². The van der Waals surface area contributed by atoms with Gasteiger partial charge in [-0.25, -0.2) is 0 Å². The molecule has 1 N–H and O–H groups in total. The van der Waals surface area contributed by atoms with Gasteiger partial charge in [0.1, 0.15) is 0 Å². The third-order valence-electron chi connectivity index (χ3n) is 3.66. The topological polar surface area (TPSA) is 32.7 Å². The molecule has 106 valence electrons. The molecular formula is C16H25NO2. The van der Waals surface area contributed by atoms with E-state index in [1.165, 1.54) is 5.56 Å². The van der Waals surface area contributed by atoms with Crippen molar-refractivity contribution < 1.29 is 9.84 Å². The van der Waals surface area contributed by atoms with E-state index in [9.17, 15) is 5.11 Å². The highest BCUT2D eigenvalue weighted by molar-refractivity contribution is 5.24. The molecule has 1 aliphatic heterocycles. The summed E-state index contributed by atoms with van der Waals surface area (Å²) in [6, 6.07) is 8.37. The molecule has 1 aromatic rings. The van der Waals surface area contributed by atoms with Crippen molar-refractivity contribution in [1.29, 1.82) is 0 Å². The van der Waals surface area contributed by atoms with E-state index in [4.69, 9.17) is 4.74 Å². The van der Waals surface area contributed by atoms with Crippen LogP contribution in [0.25, 0.3) is 0 Å². The average molecular weight is 263 g/mol. The maximum absolute atomic E-state index is 10.3. The number of nitrogens with zero attached hydrogens (tertiary/aromatic N) is 1. The van der Waals surface area contributed by atoms with Gasteiger partial charge in [-0.3, -0.25) is 4.90 Å². The van der Waals surface area contributed by atoms with E-state index >= 15 is 0 Å². The standard InChI is InChI=1S/C16H25NO2/c1-3-4-14-5-7-15(8-6-14)16(18)12-17-9-10-19-13(2)11-17/h5-8,13,16,18H,3-4,9-12H2,1-2H3. The second-order valence-corrected chi connectivity index (χ2v) is 5.45. The number of rotatable bonds is 5. The number of aliphatic hydroxyl groups is 1. The van der Waals surface area contributed by atoms with Crippen molar-refractivity contribution in [2.75, 3.05) is 26.2 Å². The van der Waals surface area contributed by atoms with Crippen LogP contribution in [0.2, 0.25) is 0 Å². The van der Waals surface area contributed by atoms with Crippen molar-refractivity contribution in [3.8, 4) is 0 Å². The summed E-state index contributed by atoms with van der Waals surface area (Å²) < 4.78 is 5.51. The van der Waals surface area contributed by atoms with Gasteiger partial charge in [0.2, 0.25) is 0 Å². The Morgan fingerprint density at radius 3 is 2.74 bits per heavy atom. The number of benzene rings is 1. The molecule has 0 saturated carbocycles. The molecule has 2 rings (SSSR count). The maximum Gasteiger partial charge on any atom is 0.0916 e. The molecule has 0 radical (unpaired) electrons. The molecule has 1 saturated heterocycles. The number of aryl methyl sites for hydroxylation is 1. The van der Waals surface area contributed by atoms with E-state index in [-0.39, 0.29) is 6.10 Å². The summed E-state index contributed by atoms with van der Waals surface area (Å²) in [4.78, 5) is 2.28. The molecule has 2 atom stereocenters. The van der Waals surface area contributed by atoms with Gasteiger partial charge in [0, 0.05) is 19.6 Å². The van der Waals surface area contributed by atoms with Crippen molar-refractivity contribution in [3.05, 3.63) is 35.4 Å². The van der Waals surface area contributed by atoms with Crippen LogP contribution in [0.3, 0.4) is 0 Å². The predicted molar refractivity (Wildman–Crippen MR) is 77.3 cm³/mol. The lowest BCUT2D eigenvalue weighted by atomic mass is 10.0. The quantitative estimate of drug-likeness (QED) is 0.885. The van der Waals surface area contributed by atoms with Gasteiger partial charge in [-0.15, -0.1) is 0 Å². The average Bonchev–Trinajstić information content (AvgIpc) is 2.40. The van der Waals surface area contributed by atoms with Crippen molar-refractivity contribution in [2.24, 2.45) is 0 Å². The van der Waals surface area contributed by atoms with Gasteiger partial charge in [0.15, 0.2) is 0 Å². The zero-order valence-electron chi connectivity index (χ0n) is 12.0. The monoisotopic (exact) mass is 263 g/mol. The Hall–Kier alpha value is -0.900. The van der Waals surface area contributed by atoms with Gasteiger partial charge in [-0.2, -0.15) is 0 Å². The summed E-state index contributed by atoms with van der Waals surface area (Å²) in [5.74, 6) is 0. The lowest BCUT2D eigenvalue weighted by Crippen LogP contribution is -2.42. The molecule has 3 heteroatoms. The normalized spacial score (nSPS) is 22.4. The number of hydrogen-bond donors (Lipinski definition) is 1. The van der Waals surface area contributed by atoms with Gasteiger partial charge in [0.05, 0.1) is 18.8 Å². The number of hydrogen-bond acceptors (Lipinski definition) is 3. The smallest absolute Gasteiger partial charge is 0.0916 e. The fraction of sp³-hybridized carbons (Fsp3) is 0.625. The molecular weight excluding hydrogens is 238 g/mol. The summed E-state index contributed by atoms with van der Waals surface area (Å²) in [7, 11) is 0. The second-order valence-electron chi connectivity index (χ2n) is 5.45. The zero-order valence-corrected chi connectivity index (χ0v) is 12.0. The predicted octanol–water partition coefficient (Wildman–Crippen LogP) is 2.39. The Labute approximate surface area is 116 Å². The Balaban J connectivity index is 1.89. The molecule has 1 aromatic carbocycles. The lowest BCUT2D eigenvalue weighted by Gasteiger charge is -2.32. The first-order valence-electron chi connectivity index (χ1n) is 7.30. The van der Waals surface area contributed by atoms with Crippen molar-refractivity contribution in [3.63, 3.8) is 0 Å². The van der Waals surface area contributed by atoms with Crippen LogP contribution in [0.5, 0.6) is 0 Å². The largest absolute Gasteiger partial charge is 0.387 e. The van der Waals surface area contributed by atoms with Crippen molar-refractivity contribution in [1.82, 2.24) is 4.90 Å². The van der Waals surface area contributed by atoms with Crippen LogP contribution in [0.4, 0.5) is 0 Å². The maximum atomic E-state index is 10.3. The fourth-order valence-electron chi connectivity index (χ4n) is 2.60. The summed E-state index contributed by atoms with van der Waals surface area (Å²) in [6.45, 7) is 7.55. The minimum Gasteiger partial charge on any atom is -0.387 e. The molecule has 0 aliphatic carbocycles. The highest BCUT2D eigenvalue weighted by atomic mass is 16.5. The van der Waals surface area contributed by atoms with Gasteiger partial charge in [-0.05, 0) is 24.5 Å². The van der Waals surface area contributed by atoms with Crippen LogP contribution in [-0.2, 0) is 11.2 Å². The van der Waals surface area contributed by atoms with Crippen LogP contribution in [0.15, 0.2) is 24.3 Å². The van der Waals surface area contributed by atoms with Crippen LogP contribution in [0, 0.1) is 0 Å².